The van der Waals surface area contributed by atoms with Gasteiger partial charge < -0.3 is 9.88 Å². The van der Waals surface area contributed by atoms with Crippen LogP contribution in [0.5, 0.6) is 0 Å². The zero-order valence-corrected chi connectivity index (χ0v) is 20.3. The summed E-state index contributed by atoms with van der Waals surface area (Å²) in [6, 6.07) is 21.4. The van der Waals surface area contributed by atoms with Crippen molar-refractivity contribution in [3.05, 3.63) is 95.3 Å². The topological polar surface area (TPSA) is 84.3 Å². The fraction of sp³-hybridized carbons (Fsp3) is 0.200. The third-order valence-electron chi connectivity index (χ3n) is 5.53. The van der Waals surface area contributed by atoms with Gasteiger partial charge in [-0.15, -0.1) is 0 Å². The van der Waals surface area contributed by atoms with E-state index in [1.807, 2.05) is 59.2 Å². The monoisotopic (exact) mass is 496 g/mol. The van der Waals surface area contributed by atoms with Gasteiger partial charge in [0.05, 0.1) is 32.8 Å². The van der Waals surface area contributed by atoms with E-state index in [-0.39, 0.29) is 22.0 Å². The second-order valence-corrected chi connectivity index (χ2v) is 10.4. The molecule has 176 valence electrons. The molecule has 7 nitrogen and oxygen atoms in total. The Morgan fingerprint density at radius 3 is 2.59 bits per heavy atom. The van der Waals surface area contributed by atoms with Gasteiger partial charge in [-0.1, -0.05) is 54.1 Å². The van der Waals surface area contributed by atoms with Crippen LogP contribution < -0.4 is 5.32 Å². The molecule has 34 heavy (non-hydrogen) atoms. The Kier molecular flexibility index (Phi) is 7.31. The minimum atomic E-state index is -3.80. The van der Waals surface area contributed by atoms with Gasteiger partial charge in [0.15, 0.2) is 0 Å². The maximum absolute atomic E-state index is 13.1. The Bertz CT molecular complexity index is 1400. The number of aromatic nitrogens is 2. The third-order valence-corrected chi connectivity index (χ3v) is 7.66. The molecule has 0 bridgehead atoms. The van der Waals surface area contributed by atoms with Gasteiger partial charge in [-0.05, 0) is 42.3 Å². The van der Waals surface area contributed by atoms with Crippen molar-refractivity contribution in [3.63, 3.8) is 0 Å². The summed E-state index contributed by atoms with van der Waals surface area (Å²) in [5, 5.41) is 3.03. The Morgan fingerprint density at radius 2 is 1.79 bits per heavy atom. The van der Waals surface area contributed by atoms with Crippen molar-refractivity contribution in [2.45, 2.75) is 24.4 Å². The first kappa shape index (κ1) is 23.9. The number of nitrogens with zero attached hydrogens (tertiary/aromatic N) is 3. The van der Waals surface area contributed by atoms with Gasteiger partial charge in [-0.2, -0.15) is 4.31 Å². The molecular weight excluding hydrogens is 472 g/mol. The average molecular weight is 497 g/mol. The lowest BCUT2D eigenvalue weighted by Crippen LogP contribution is -2.28. The number of hydrogen-bond acceptors (Lipinski definition) is 4. The lowest BCUT2D eigenvalue weighted by Gasteiger charge is -2.18. The molecule has 0 aliphatic carbocycles. The summed E-state index contributed by atoms with van der Waals surface area (Å²) in [4.78, 5) is 17.1. The van der Waals surface area contributed by atoms with Gasteiger partial charge in [-0.3, -0.25) is 4.79 Å². The van der Waals surface area contributed by atoms with Crippen LogP contribution in [-0.2, 0) is 23.1 Å². The van der Waals surface area contributed by atoms with Crippen molar-refractivity contribution < 1.29 is 13.2 Å². The predicted octanol–water partition coefficient (Wildman–Crippen LogP) is 4.33. The molecule has 0 saturated carbocycles. The molecule has 9 heteroatoms. The second kappa shape index (κ2) is 10.4. The summed E-state index contributed by atoms with van der Waals surface area (Å²) in [7, 11) is -2.29. The third kappa shape index (κ3) is 5.30. The van der Waals surface area contributed by atoms with Gasteiger partial charge in [0, 0.05) is 26.7 Å². The molecule has 0 spiro atoms. The van der Waals surface area contributed by atoms with E-state index in [9.17, 15) is 13.2 Å². The van der Waals surface area contributed by atoms with Crippen molar-refractivity contribution >= 4 is 38.6 Å². The standard InChI is InChI=1S/C25H25ClN4O3S/c1-29(17-19-8-3-2-4-9-19)34(32,33)20-12-13-22(26)21(16-20)25(31)27-14-7-15-30-18-28-23-10-5-6-11-24(23)30/h2-6,8-13,16,18H,7,14-15,17H2,1H3,(H,27,31). The molecule has 1 N–H and O–H groups in total. The molecular formula is C25H25ClN4O3S. The van der Waals surface area contributed by atoms with Crippen LogP contribution in [0.2, 0.25) is 5.02 Å². The minimum Gasteiger partial charge on any atom is -0.352 e. The van der Waals surface area contributed by atoms with E-state index in [4.69, 9.17) is 11.6 Å². The summed E-state index contributed by atoms with van der Waals surface area (Å²) in [6.45, 7) is 1.32. The number of imidazole rings is 1. The highest BCUT2D eigenvalue weighted by atomic mass is 35.5. The van der Waals surface area contributed by atoms with Crippen LogP contribution >= 0.6 is 11.6 Å². The summed E-state index contributed by atoms with van der Waals surface area (Å²) in [5.41, 5.74) is 2.96. The van der Waals surface area contributed by atoms with Crippen molar-refractivity contribution in [2.24, 2.45) is 0 Å². The summed E-state index contributed by atoms with van der Waals surface area (Å²) < 4.78 is 29.4. The van der Waals surface area contributed by atoms with Crippen LogP contribution in [0, 0.1) is 0 Å². The quantitative estimate of drug-likeness (QED) is 0.349. The second-order valence-electron chi connectivity index (χ2n) is 7.92. The fourth-order valence-corrected chi connectivity index (χ4v) is 5.07. The van der Waals surface area contributed by atoms with Crippen molar-refractivity contribution in [1.29, 1.82) is 0 Å². The SMILES string of the molecule is CN(Cc1ccccc1)S(=O)(=O)c1ccc(Cl)c(C(=O)NCCCn2cnc3ccccc32)c1. The normalized spacial score (nSPS) is 11.7. The van der Waals surface area contributed by atoms with Crippen LogP contribution in [0.3, 0.4) is 0 Å². The van der Waals surface area contributed by atoms with E-state index in [2.05, 4.69) is 10.3 Å². The number of amides is 1. The molecule has 4 aromatic rings. The first-order valence-electron chi connectivity index (χ1n) is 10.8. The molecule has 0 aliphatic rings. The number of sulfonamides is 1. The van der Waals surface area contributed by atoms with Gasteiger partial charge in [0.25, 0.3) is 5.91 Å². The Balaban J connectivity index is 1.40. The number of carbonyl (C=O) groups is 1. The number of aryl methyl sites for hydroxylation is 1. The van der Waals surface area contributed by atoms with Crippen LogP contribution in [-0.4, -0.2) is 41.8 Å². The number of benzene rings is 3. The lowest BCUT2D eigenvalue weighted by atomic mass is 10.2. The molecule has 0 atom stereocenters. The van der Waals surface area contributed by atoms with Crippen molar-refractivity contribution in [3.8, 4) is 0 Å². The molecule has 1 heterocycles. The van der Waals surface area contributed by atoms with Crippen LogP contribution in [0.15, 0.2) is 84.0 Å². The molecule has 0 radical (unpaired) electrons. The van der Waals surface area contributed by atoms with Crippen molar-refractivity contribution in [2.75, 3.05) is 13.6 Å². The number of carbonyl (C=O) groups excluding carboxylic acids is 1. The molecule has 0 unspecified atom stereocenters. The zero-order chi connectivity index (χ0) is 24.1. The highest BCUT2D eigenvalue weighted by Gasteiger charge is 2.23. The molecule has 0 saturated heterocycles. The maximum Gasteiger partial charge on any atom is 0.252 e. The van der Waals surface area contributed by atoms with E-state index >= 15 is 0 Å². The van der Waals surface area contributed by atoms with Gasteiger partial charge in [0.1, 0.15) is 0 Å². The Morgan fingerprint density at radius 1 is 1.06 bits per heavy atom. The number of nitrogens with one attached hydrogen (secondary N) is 1. The number of rotatable bonds is 9. The highest BCUT2D eigenvalue weighted by Crippen LogP contribution is 2.23. The number of fused-ring (bicyclic) bond motifs is 1. The highest BCUT2D eigenvalue weighted by molar-refractivity contribution is 7.89. The molecule has 0 aliphatic heterocycles. The zero-order valence-electron chi connectivity index (χ0n) is 18.7. The number of para-hydroxylation sites is 2. The van der Waals surface area contributed by atoms with Gasteiger partial charge in [-0.25, -0.2) is 13.4 Å². The Hall–Kier alpha value is -3.20. The summed E-state index contributed by atoms with van der Waals surface area (Å²) in [5.74, 6) is -0.414. The van der Waals surface area contributed by atoms with E-state index in [1.54, 1.807) is 6.33 Å². The van der Waals surface area contributed by atoms with Crippen molar-refractivity contribution in [1.82, 2.24) is 19.2 Å². The summed E-state index contributed by atoms with van der Waals surface area (Å²) >= 11 is 6.23. The van der Waals surface area contributed by atoms with Crippen LogP contribution in [0.4, 0.5) is 0 Å². The largest absolute Gasteiger partial charge is 0.352 e. The molecule has 1 amide bonds. The molecule has 4 rings (SSSR count). The first-order chi connectivity index (χ1) is 16.4. The van der Waals surface area contributed by atoms with Crippen LogP contribution in [0.1, 0.15) is 22.3 Å². The van der Waals surface area contributed by atoms with E-state index < -0.39 is 15.9 Å². The number of halogens is 1. The van der Waals surface area contributed by atoms with Gasteiger partial charge in [0.2, 0.25) is 10.0 Å². The van der Waals surface area contributed by atoms with E-state index in [0.717, 1.165) is 16.6 Å². The smallest absolute Gasteiger partial charge is 0.252 e. The predicted molar refractivity (Wildman–Crippen MR) is 133 cm³/mol. The average Bonchev–Trinajstić information content (AvgIpc) is 3.25. The fourth-order valence-electron chi connectivity index (χ4n) is 3.68. The summed E-state index contributed by atoms with van der Waals surface area (Å²) in [6.07, 6.45) is 2.46. The van der Waals surface area contributed by atoms with E-state index in [1.165, 1.54) is 29.6 Å². The Labute approximate surface area is 204 Å². The molecule has 3 aromatic carbocycles. The molecule has 0 fully saturated rings. The molecule has 1 aromatic heterocycles. The maximum atomic E-state index is 13.1. The van der Waals surface area contributed by atoms with Gasteiger partial charge >= 0.3 is 0 Å². The van der Waals surface area contributed by atoms with Crippen LogP contribution in [0.25, 0.3) is 11.0 Å². The lowest BCUT2D eigenvalue weighted by molar-refractivity contribution is 0.0952. The number of hydrogen-bond donors (Lipinski definition) is 1. The minimum absolute atomic E-state index is 0.0189. The van der Waals surface area contributed by atoms with E-state index in [0.29, 0.717) is 19.5 Å². The first-order valence-corrected chi connectivity index (χ1v) is 12.7.